The van der Waals surface area contributed by atoms with E-state index in [0.29, 0.717) is 12.3 Å². The van der Waals surface area contributed by atoms with E-state index in [2.05, 4.69) is 73.6 Å². The van der Waals surface area contributed by atoms with Gasteiger partial charge in [-0.15, -0.1) is 21.5 Å². The molecule has 0 N–H and O–H groups in total. The van der Waals surface area contributed by atoms with E-state index in [-0.39, 0.29) is 5.91 Å². The number of amides is 1. The smallest absolute Gasteiger partial charge is 0.222 e. The normalized spacial score (nSPS) is 14.3. The Bertz CT molecular complexity index is 1200. The lowest BCUT2D eigenvalue weighted by Gasteiger charge is -2.32. The van der Waals surface area contributed by atoms with Crippen LogP contribution < -0.4 is 0 Å². The number of thioether (sulfide) groups is 1. The van der Waals surface area contributed by atoms with E-state index >= 15 is 0 Å². The SMILES string of the molecule is O=C(CCCSc1nnc(-c2cccs2)n1-c1ccccc1)N1CCC(Cc2ccccc2)CC1. The van der Waals surface area contributed by atoms with Gasteiger partial charge < -0.3 is 4.90 Å². The minimum absolute atomic E-state index is 0.285. The highest BCUT2D eigenvalue weighted by atomic mass is 32.2. The van der Waals surface area contributed by atoms with Crippen molar-refractivity contribution in [1.29, 1.82) is 0 Å². The van der Waals surface area contributed by atoms with Gasteiger partial charge in [0.2, 0.25) is 5.91 Å². The highest BCUT2D eigenvalue weighted by Gasteiger charge is 2.23. The van der Waals surface area contributed by atoms with Crippen molar-refractivity contribution in [2.75, 3.05) is 18.8 Å². The molecule has 0 aliphatic carbocycles. The van der Waals surface area contributed by atoms with Crippen molar-refractivity contribution in [2.24, 2.45) is 5.92 Å². The van der Waals surface area contributed by atoms with Crippen LogP contribution in [0.1, 0.15) is 31.2 Å². The van der Waals surface area contributed by atoms with Crippen LogP contribution >= 0.6 is 23.1 Å². The molecule has 180 valence electrons. The van der Waals surface area contributed by atoms with Gasteiger partial charge in [0.05, 0.1) is 4.88 Å². The standard InChI is InChI=1S/C28H30N4OS2/c33-26(31-17-15-23(16-18-31)21-22-9-3-1-4-10-22)14-8-20-35-28-30-29-27(25-13-7-19-34-25)32(28)24-11-5-2-6-12-24/h1-7,9-13,19,23H,8,14-18,20-21H2. The molecule has 0 saturated carbocycles. The summed E-state index contributed by atoms with van der Waals surface area (Å²) in [6.45, 7) is 1.77. The molecule has 0 atom stereocenters. The minimum Gasteiger partial charge on any atom is -0.343 e. The number of hydrogen-bond acceptors (Lipinski definition) is 5. The summed E-state index contributed by atoms with van der Waals surface area (Å²) in [5.74, 6) is 2.67. The third kappa shape index (κ3) is 6.03. The van der Waals surface area contributed by atoms with E-state index in [0.717, 1.165) is 66.1 Å². The molecule has 2 aromatic carbocycles. The Balaban J connectivity index is 1.12. The quantitative estimate of drug-likeness (QED) is 0.198. The number of para-hydroxylation sites is 1. The molecule has 1 fully saturated rings. The molecule has 0 bridgehead atoms. The van der Waals surface area contributed by atoms with Gasteiger partial charge in [-0.25, -0.2) is 0 Å². The van der Waals surface area contributed by atoms with Gasteiger partial charge in [-0.2, -0.15) is 0 Å². The molecule has 5 rings (SSSR count). The number of thiophene rings is 1. The van der Waals surface area contributed by atoms with Crippen LogP contribution in [0.5, 0.6) is 0 Å². The lowest BCUT2D eigenvalue weighted by atomic mass is 9.90. The maximum Gasteiger partial charge on any atom is 0.222 e. The van der Waals surface area contributed by atoms with Crippen LogP contribution in [0, 0.1) is 5.92 Å². The highest BCUT2D eigenvalue weighted by Crippen LogP contribution is 2.31. The Labute approximate surface area is 215 Å². The van der Waals surface area contributed by atoms with E-state index in [9.17, 15) is 4.79 Å². The molecule has 2 aromatic heterocycles. The lowest BCUT2D eigenvalue weighted by Crippen LogP contribution is -2.38. The van der Waals surface area contributed by atoms with Crippen LogP contribution in [-0.4, -0.2) is 44.4 Å². The predicted octanol–water partition coefficient (Wildman–Crippen LogP) is 6.35. The van der Waals surface area contributed by atoms with Gasteiger partial charge in [-0.1, -0.05) is 66.4 Å². The van der Waals surface area contributed by atoms with Gasteiger partial charge in [0, 0.05) is 31.0 Å². The predicted molar refractivity (Wildman–Crippen MR) is 144 cm³/mol. The number of benzene rings is 2. The van der Waals surface area contributed by atoms with Crippen LogP contribution in [-0.2, 0) is 11.2 Å². The maximum absolute atomic E-state index is 12.8. The van der Waals surface area contributed by atoms with Crippen LogP contribution in [0.4, 0.5) is 0 Å². The lowest BCUT2D eigenvalue weighted by molar-refractivity contribution is -0.132. The largest absolute Gasteiger partial charge is 0.343 e. The average molecular weight is 503 g/mol. The molecule has 0 unspecified atom stereocenters. The van der Waals surface area contributed by atoms with Crippen molar-refractivity contribution in [3.63, 3.8) is 0 Å². The molecule has 1 aliphatic rings. The Kier molecular flexibility index (Phi) is 7.96. The minimum atomic E-state index is 0.285. The first-order valence-electron chi connectivity index (χ1n) is 12.3. The van der Waals surface area contributed by atoms with E-state index in [1.54, 1.807) is 23.1 Å². The second kappa shape index (κ2) is 11.7. The van der Waals surface area contributed by atoms with Gasteiger partial charge in [-0.3, -0.25) is 9.36 Å². The number of aromatic nitrogens is 3. The highest BCUT2D eigenvalue weighted by molar-refractivity contribution is 7.99. The number of likely N-dealkylation sites (tertiary alicyclic amines) is 1. The summed E-state index contributed by atoms with van der Waals surface area (Å²) < 4.78 is 2.12. The van der Waals surface area contributed by atoms with Gasteiger partial charge in [0.25, 0.3) is 0 Å². The van der Waals surface area contributed by atoms with Crippen molar-refractivity contribution in [3.05, 3.63) is 83.7 Å². The molecule has 1 amide bonds. The van der Waals surface area contributed by atoms with Gasteiger partial charge >= 0.3 is 0 Å². The summed E-state index contributed by atoms with van der Waals surface area (Å²) >= 11 is 3.34. The summed E-state index contributed by atoms with van der Waals surface area (Å²) in [4.78, 5) is 16.0. The fraction of sp³-hybridized carbons (Fsp3) is 0.321. The molecule has 5 nitrogen and oxygen atoms in total. The zero-order valence-corrected chi connectivity index (χ0v) is 21.4. The molecule has 1 saturated heterocycles. The number of carbonyl (C=O) groups excluding carboxylic acids is 1. The number of rotatable bonds is 9. The van der Waals surface area contributed by atoms with Gasteiger partial charge in [-0.05, 0) is 60.7 Å². The van der Waals surface area contributed by atoms with E-state index in [1.807, 2.05) is 24.3 Å². The monoisotopic (exact) mass is 502 g/mol. The van der Waals surface area contributed by atoms with E-state index in [4.69, 9.17) is 0 Å². The molecule has 0 spiro atoms. The topological polar surface area (TPSA) is 51.0 Å². The molecule has 7 heteroatoms. The van der Waals surface area contributed by atoms with Crippen LogP contribution in [0.2, 0.25) is 0 Å². The van der Waals surface area contributed by atoms with Crippen LogP contribution in [0.3, 0.4) is 0 Å². The first kappa shape index (κ1) is 23.8. The molecule has 35 heavy (non-hydrogen) atoms. The van der Waals surface area contributed by atoms with Crippen molar-refractivity contribution >= 4 is 29.0 Å². The maximum atomic E-state index is 12.8. The zero-order valence-electron chi connectivity index (χ0n) is 19.8. The van der Waals surface area contributed by atoms with Crippen molar-refractivity contribution in [2.45, 2.75) is 37.3 Å². The first-order valence-corrected chi connectivity index (χ1v) is 14.1. The molecular weight excluding hydrogens is 472 g/mol. The fourth-order valence-electron chi connectivity index (χ4n) is 4.62. The Morgan fingerprint density at radius 2 is 1.69 bits per heavy atom. The Hall–Kier alpha value is -2.90. The zero-order chi connectivity index (χ0) is 23.9. The molecule has 0 radical (unpaired) electrons. The fourth-order valence-corrected chi connectivity index (χ4v) is 6.21. The summed E-state index contributed by atoms with van der Waals surface area (Å²) in [6, 6.07) is 25.0. The Morgan fingerprint density at radius 3 is 2.40 bits per heavy atom. The van der Waals surface area contributed by atoms with E-state index < -0.39 is 0 Å². The summed E-state index contributed by atoms with van der Waals surface area (Å²) in [6.07, 6.45) is 4.74. The number of nitrogens with zero attached hydrogens (tertiary/aromatic N) is 4. The third-order valence-corrected chi connectivity index (χ3v) is 8.37. The molecule has 3 heterocycles. The van der Waals surface area contributed by atoms with Crippen molar-refractivity contribution in [1.82, 2.24) is 19.7 Å². The van der Waals surface area contributed by atoms with Gasteiger partial charge in [0.15, 0.2) is 11.0 Å². The molecular formula is C28H30N4OS2. The number of hydrogen-bond donors (Lipinski definition) is 0. The molecule has 4 aromatic rings. The number of carbonyl (C=O) groups is 1. The Morgan fingerprint density at radius 1 is 0.943 bits per heavy atom. The van der Waals surface area contributed by atoms with E-state index in [1.165, 1.54) is 5.56 Å². The second-order valence-corrected chi connectivity index (χ2v) is 10.9. The number of piperidine rings is 1. The van der Waals surface area contributed by atoms with Gasteiger partial charge in [0.1, 0.15) is 0 Å². The first-order chi connectivity index (χ1) is 17.3. The molecule has 1 aliphatic heterocycles. The van der Waals surface area contributed by atoms with Crippen molar-refractivity contribution < 1.29 is 4.79 Å². The van der Waals surface area contributed by atoms with Crippen molar-refractivity contribution in [3.8, 4) is 16.4 Å². The second-order valence-electron chi connectivity index (χ2n) is 8.92. The average Bonchev–Trinajstić information content (AvgIpc) is 3.58. The summed E-state index contributed by atoms with van der Waals surface area (Å²) in [7, 11) is 0. The van der Waals surface area contributed by atoms with Crippen LogP contribution in [0.25, 0.3) is 16.4 Å². The summed E-state index contributed by atoms with van der Waals surface area (Å²) in [5, 5.41) is 11.9. The summed E-state index contributed by atoms with van der Waals surface area (Å²) in [5.41, 5.74) is 2.46. The third-order valence-electron chi connectivity index (χ3n) is 6.49. The van der Waals surface area contributed by atoms with Crippen LogP contribution in [0.15, 0.2) is 83.3 Å².